The molecular formula is C14H22N2S. The summed E-state index contributed by atoms with van der Waals surface area (Å²) in [6.07, 6.45) is 4.03. The first-order valence-corrected chi connectivity index (χ1v) is 7.73. The van der Waals surface area contributed by atoms with Crippen molar-refractivity contribution in [3.8, 4) is 0 Å². The first-order valence-electron chi connectivity index (χ1n) is 6.85. The Morgan fingerprint density at radius 3 is 3.29 bits per heavy atom. The fourth-order valence-electron chi connectivity index (χ4n) is 3.22. The maximum atomic E-state index is 3.53. The monoisotopic (exact) mass is 250 g/mol. The Hall–Kier alpha value is -0.380. The van der Waals surface area contributed by atoms with Gasteiger partial charge in [0.1, 0.15) is 0 Å². The van der Waals surface area contributed by atoms with E-state index in [4.69, 9.17) is 0 Å². The lowest BCUT2D eigenvalue weighted by atomic mass is 9.95. The molecule has 3 heteroatoms. The van der Waals surface area contributed by atoms with Gasteiger partial charge in [-0.3, -0.25) is 4.90 Å². The average molecular weight is 250 g/mol. The van der Waals surface area contributed by atoms with Crippen molar-refractivity contribution in [2.45, 2.75) is 32.2 Å². The fourth-order valence-corrected chi connectivity index (χ4v) is 4.19. The van der Waals surface area contributed by atoms with Crippen LogP contribution in [-0.4, -0.2) is 31.1 Å². The molecule has 17 heavy (non-hydrogen) atoms. The Bertz CT molecular complexity index is 368. The highest BCUT2D eigenvalue weighted by atomic mass is 32.1. The third-order valence-corrected chi connectivity index (χ3v) is 5.29. The van der Waals surface area contributed by atoms with E-state index in [-0.39, 0.29) is 0 Å². The second-order valence-electron chi connectivity index (χ2n) is 5.43. The minimum Gasteiger partial charge on any atom is -0.316 e. The van der Waals surface area contributed by atoms with Crippen LogP contribution in [0, 0.1) is 5.92 Å². The van der Waals surface area contributed by atoms with Gasteiger partial charge in [0.05, 0.1) is 0 Å². The van der Waals surface area contributed by atoms with Crippen LogP contribution in [0.3, 0.4) is 0 Å². The zero-order valence-corrected chi connectivity index (χ0v) is 11.4. The van der Waals surface area contributed by atoms with Crippen molar-refractivity contribution < 1.29 is 0 Å². The van der Waals surface area contributed by atoms with Crippen molar-refractivity contribution in [3.63, 3.8) is 0 Å². The summed E-state index contributed by atoms with van der Waals surface area (Å²) in [6.45, 7) is 7.36. The first kappa shape index (κ1) is 11.7. The number of rotatable bonds is 2. The minimum absolute atomic E-state index is 0.631. The molecule has 0 spiro atoms. The lowest BCUT2D eigenvalue weighted by molar-refractivity contribution is 0.155. The second-order valence-corrected chi connectivity index (χ2v) is 6.43. The normalized spacial score (nSPS) is 30.2. The van der Waals surface area contributed by atoms with Crippen LogP contribution >= 0.6 is 11.3 Å². The summed E-state index contributed by atoms with van der Waals surface area (Å²) in [4.78, 5) is 4.31. The van der Waals surface area contributed by atoms with Gasteiger partial charge < -0.3 is 5.32 Å². The lowest BCUT2D eigenvalue weighted by Crippen LogP contribution is -2.41. The van der Waals surface area contributed by atoms with Gasteiger partial charge in [-0.2, -0.15) is 0 Å². The number of nitrogens with one attached hydrogen (secondary N) is 1. The Labute approximate surface area is 108 Å². The van der Waals surface area contributed by atoms with Gasteiger partial charge in [0.15, 0.2) is 0 Å². The van der Waals surface area contributed by atoms with Crippen molar-refractivity contribution in [2.24, 2.45) is 5.92 Å². The molecule has 3 rings (SSSR count). The van der Waals surface area contributed by atoms with Crippen molar-refractivity contribution in [3.05, 3.63) is 21.9 Å². The number of piperidine rings is 1. The minimum atomic E-state index is 0.631. The van der Waals surface area contributed by atoms with E-state index in [2.05, 4.69) is 28.6 Å². The summed E-state index contributed by atoms with van der Waals surface area (Å²) < 4.78 is 0. The smallest absolute Gasteiger partial charge is 0.0331 e. The number of thiophene rings is 1. The summed E-state index contributed by atoms with van der Waals surface area (Å²) in [6, 6.07) is 2.96. The quantitative estimate of drug-likeness (QED) is 0.868. The maximum Gasteiger partial charge on any atom is 0.0331 e. The highest BCUT2D eigenvalue weighted by Crippen LogP contribution is 2.33. The van der Waals surface area contributed by atoms with E-state index >= 15 is 0 Å². The molecule has 2 aliphatic heterocycles. The Kier molecular flexibility index (Phi) is 3.50. The lowest BCUT2D eigenvalue weighted by Gasteiger charge is -2.37. The molecule has 2 nitrogen and oxygen atoms in total. The second kappa shape index (κ2) is 5.09. The standard InChI is InChI=1S/C14H22N2S/c1-11-13-5-8-17-14(13)4-7-16(11)10-12-3-2-6-15-9-12/h5,8,11-12,15H,2-4,6-7,9-10H2,1H3. The molecule has 1 aromatic heterocycles. The summed E-state index contributed by atoms with van der Waals surface area (Å²) in [5.41, 5.74) is 1.59. The zero-order chi connectivity index (χ0) is 11.7. The van der Waals surface area contributed by atoms with Crippen LogP contribution in [0.5, 0.6) is 0 Å². The fraction of sp³-hybridized carbons (Fsp3) is 0.714. The number of hydrogen-bond donors (Lipinski definition) is 1. The van der Waals surface area contributed by atoms with E-state index in [1.165, 1.54) is 45.4 Å². The molecule has 1 aromatic rings. The van der Waals surface area contributed by atoms with Crippen LogP contribution in [-0.2, 0) is 6.42 Å². The van der Waals surface area contributed by atoms with Gasteiger partial charge in [0, 0.05) is 24.0 Å². The summed E-state index contributed by atoms with van der Waals surface area (Å²) in [5.74, 6) is 0.867. The molecule has 0 bridgehead atoms. The van der Waals surface area contributed by atoms with Gasteiger partial charge in [-0.1, -0.05) is 0 Å². The van der Waals surface area contributed by atoms with E-state index < -0.39 is 0 Å². The number of nitrogens with zero attached hydrogens (tertiary/aromatic N) is 1. The summed E-state index contributed by atoms with van der Waals surface area (Å²) in [7, 11) is 0. The molecule has 0 saturated carbocycles. The van der Waals surface area contributed by atoms with Crippen LogP contribution in [0.1, 0.15) is 36.2 Å². The predicted molar refractivity (Wildman–Crippen MR) is 73.6 cm³/mol. The van der Waals surface area contributed by atoms with Crippen LogP contribution in [0.25, 0.3) is 0 Å². The van der Waals surface area contributed by atoms with Crippen molar-refractivity contribution >= 4 is 11.3 Å². The van der Waals surface area contributed by atoms with Crippen molar-refractivity contribution in [2.75, 3.05) is 26.2 Å². The van der Waals surface area contributed by atoms with Crippen LogP contribution in [0.2, 0.25) is 0 Å². The van der Waals surface area contributed by atoms with E-state index in [1.807, 2.05) is 11.3 Å². The van der Waals surface area contributed by atoms with E-state index in [9.17, 15) is 0 Å². The zero-order valence-electron chi connectivity index (χ0n) is 10.6. The summed E-state index contributed by atoms with van der Waals surface area (Å²) in [5, 5.41) is 5.79. The third-order valence-electron chi connectivity index (χ3n) is 4.30. The molecule has 0 aromatic carbocycles. The van der Waals surface area contributed by atoms with Gasteiger partial charge in [0.25, 0.3) is 0 Å². The van der Waals surface area contributed by atoms with E-state index in [0.29, 0.717) is 6.04 Å². The first-order chi connectivity index (χ1) is 8.34. The Morgan fingerprint density at radius 1 is 1.53 bits per heavy atom. The molecule has 2 atom stereocenters. The van der Waals surface area contributed by atoms with Gasteiger partial charge in [-0.05, 0) is 62.2 Å². The Morgan fingerprint density at radius 2 is 2.47 bits per heavy atom. The van der Waals surface area contributed by atoms with Crippen molar-refractivity contribution in [1.29, 1.82) is 0 Å². The van der Waals surface area contributed by atoms with Gasteiger partial charge in [0.2, 0.25) is 0 Å². The molecule has 0 radical (unpaired) electrons. The van der Waals surface area contributed by atoms with E-state index in [1.54, 1.807) is 10.4 Å². The molecule has 2 aliphatic rings. The molecule has 1 N–H and O–H groups in total. The third kappa shape index (κ3) is 2.42. The molecular weight excluding hydrogens is 228 g/mol. The van der Waals surface area contributed by atoms with Crippen LogP contribution < -0.4 is 5.32 Å². The van der Waals surface area contributed by atoms with Gasteiger partial charge in [-0.25, -0.2) is 0 Å². The SMILES string of the molecule is CC1c2ccsc2CCN1CC1CCCNC1. The predicted octanol–water partition coefficient (Wildman–Crippen LogP) is 2.67. The van der Waals surface area contributed by atoms with Crippen LogP contribution in [0.15, 0.2) is 11.4 Å². The molecule has 0 amide bonds. The number of fused-ring (bicyclic) bond motifs is 1. The molecule has 1 fully saturated rings. The van der Waals surface area contributed by atoms with Gasteiger partial charge >= 0.3 is 0 Å². The highest BCUT2D eigenvalue weighted by molar-refractivity contribution is 7.10. The maximum absolute atomic E-state index is 3.53. The van der Waals surface area contributed by atoms with E-state index in [0.717, 1.165) is 5.92 Å². The van der Waals surface area contributed by atoms with Crippen LogP contribution in [0.4, 0.5) is 0 Å². The van der Waals surface area contributed by atoms with Crippen molar-refractivity contribution in [1.82, 2.24) is 10.2 Å². The average Bonchev–Trinajstić information content (AvgIpc) is 2.83. The molecule has 2 unspecified atom stereocenters. The van der Waals surface area contributed by atoms with Gasteiger partial charge in [-0.15, -0.1) is 11.3 Å². The molecule has 0 aliphatic carbocycles. The Balaban J connectivity index is 1.65. The highest BCUT2D eigenvalue weighted by Gasteiger charge is 2.26. The molecule has 94 valence electrons. The molecule has 3 heterocycles. The topological polar surface area (TPSA) is 15.3 Å². The largest absolute Gasteiger partial charge is 0.316 e. The summed E-state index contributed by atoms with van der Waals surface area (Å²) >= 11 is 1.94. The number of hydrogen-bond acceptors (Lipinski definition) is 3. The molecule has 1 saturated heterocycles.